The molecule has 96 valence electrons. The van der Waals surface area contributed by atoms with Gasteiger partial charge in [-0.15, -0.1) is 0 Å². The summed E-state index contributed by atoms with van der Waals surface area (Å²) < 4.78 is 0. The zero-order valence-electron chi connectivity index (χ0n) is 10.7. The van der Waals surface area contributed by atoms with Crippen molar-refractivity contribution in [2.24, 2.45) is 0 Å². The lowest BCUT2D eigenvalue weighted by Crippen LogP contribution is -2.34. The predicted molar refractivity (Wildman–Crippen MR) is 72.9 cm³/mol. The monoisotopic (exact) mass is 264 g/mol. The number of hydrogen-bond donors (Lipinski definition) is 0. The van der Waals surface area contributed by atoms with Crippen molar-refractivity contribution in [3.8, 4) is 6.07 Å². The molecule has 1 aliphatic rings. The van der Waals surface area contributed by atoms with E-state index < -0.39 is 0 Å². The first kappa shape index (κ1) is 13.1. The number of anilines is 1. The Kier molecular flexibility index (Phi) is 4.05. The molecule has 0 amide bonds. The first-order valence-corrected chi connectivity index (χ1v) is 6.55. The summed E-state index contributed by atoms with van der Waals surface area (Å²) in [6.07, 6.45) is 1.14. The van der Waals surface area contributed by atoms with Crippen LogP contribution in [0.2, 0.25) is 5.02 Å². The summed E-state index contributed by atoms with van der Waals surface area (Å²) in [5.41, 5.74) is 0.307. The van der Waals surface area contributed by atoms with Gasteiger partial charge < -0.3 is 9.80 Å². The molecule has 0 bridgehead atoms. The van der Waals surface area contributed by atoms with Crippen molar-refractivity contribution < 1.29 is 0 Å². The molecule has 0 spiro atoms. The molecule has 2 heterocycles. The van der Waals surface area contributed by atoms with Crippen molar-refractivity contribution in [3.63, 3.8) is 0 Å². The highest BCUT2D eigenvalue weighted by Crippen LogP contribution is 2.23. The quantitative estimate of drug-likeness (QED) is 0.839. The van der Waals surface area contributed by atoms with Crippen LogP contribution in [0.25, 0.3) is 0 Å². The molecule has 1 atom stereocenters. The maximum absolute atomic E-state index is 8.94. The molecule has 0 saturated carbocycles. The molecule has 18 heavy (non-hydrogen) atoms. The van der Waals surface area contributed by atoms with Gasteiger partial charge >= 0.3 is 0 Å². The summed E-state index contributed by atoms with van der Waals surface area (Å²) in [6, 6.07) is 6.23. The van der Waals surface area contributed by atoms with Crippen LogP contribution in [0.15, 0.2) is 12.1 Å². The Labute approximate surface area is 113 Å². The van der Waals surface area contributed by atoms with Crippen molar-refractivity contribution in [1.82, 2.24) is 9.88 Å². The van der Waals surface area contributed by atoms with E-state index >= 15 is 0 Å². The number of halogens is 1. The number of hydrogen-bond acceptors (Lipinski definition) is 4. The van der Waals surface area contributed by atoms with Crippen molar-refractivity contribution in [2.75, 3.05) is 31.6 Å². The molecule has 1 saturated heterocycles. The van der Waals surface area contributed by atoms with Crippen LogP contribution < -0.4 is 4.90 Å². The van der Waals surface area contributed by atoms with Crippen LogP contribution in [0.1, 0.15) is 19.0 Å². The molecular weight excluding hydrogens is 248 g/mol. The average molecular weight is 265 g/mol. The molecule has 1 aromatic rings. The summed E-state index contributed by atoms with van der Waals surface area (Å²) in [7, 11) is 2.14. The van der Waals surface area contributed by atoms with Gasteiger partial charge in [0.1, 0.15) is 11.9 Å². The van der Waals surface area contributed by atoms with Crippen LogP contribution in [0.4, 0.5) is 5.82 Å². The third kappa shape index (κ3) is 2.58. The summed E-state index contributed by atoms with van der Waals surface area (Å²) in [6.45, 7) is 5.16. The fraction of sp³-hybridized carbons (Fsp3) is 0.538. The Hall–Kier alpha value is -1.31. The molecule has 0 aliphatic carbocycles. The number of likely N-dealkylation sites (N-methyl/N-ethyl adjacent to an activating group) is 1. The van der Waals surface area contributed by atoms with Crippen molar-refractivity contribution in [1.29, 1.82) is 5.26 Å². The van der Waals surface area contributed by atoms with E-state index in [9.17, 15) is 0 Å². The standard InChI is InChI=1S/C13H17ClN4/c1-3-17(2)10-6-7-18(9-10)13-5-4-11(14)12(8-15)16-13/h4-5,10H,3,6-7,9H2,1-2H3. The first-order valence-electron chi connectivity index (χ1n) is 6.17. The fourth-order valence-electron chi connectivity index (χ4n) is 2.25. The molecule has 1 unspecified atom stereocenters. The van der Waals surface area contributed by atoms with E-state index in [1.165, 1.54) is 0 Å². The molecule has 0 aromatic carbocycles. The van der Waals surface area contributed by atoms with Gasteiger partial charge in [-0.1, -0.05) is 18.5 Å². The lowest BCUT2D eigenvalue weighted by Gasteiger charge is -2.23. The highest BCUT2D eigenvalue weighted by atomic mass is 35.5. The van der Waals surface area contributed by atoms with Gasteiger partial charge in [0.05, 0.1) is 5.02 Å². The van der Waals surface area contributed by atoms with Crippen LogP contribution in [0.5, 0.6) is 0 Å². The van der Waals surface area contributed by atoms with Gasteiger partial charge in [0.25, 0.3) is 0 Å². The second-order valence-electron chi connectivity index (χ2n) is 4.57. The van der Waals surface area contributed by atoms with Crippen LogP contribution in [-0.4, -0.2) is 42.6 Å². The smallest absolute Gasteiger partial charge is 0.161 e. The Morgan fingerprint density at radius 2 is 2.39 bits per heavy atom. The number of rotatable bonds is 3. The van der Waals surface area contributed by atoms with Crippen LogP contribution in [0.3, 0.4) is 0 Å². The minimum Gasteiger partial charge on any atom is -0.355 e. The van der Waals surface area contributed by atoms with Gasteiger partial charge in [-0.2, -0.15) is 5.26 Å². The fourth-order valence-corrected chi connectivity index (χ4v) is 2.40. The van der Waals surface area contributed by atoms with E-state index in [0.29, 0.717) is 16.8 Å². The molecule has 0 N–H and O–H groups in total. The lowest BCUT2D eigenvalue weighted by molar-refractivity contribution is 0.272. The highest BCUT2D eigenvalue weighted by Gasteiger charge is 2.26. The summed E-state index contributed by atoms with van der Waals surface area (Å²) >= 11 is 5.89. The lowest BCUT2D eigenvalue weighted by atomic mass is 10.2. The largest absolute Gasteiger partial charge is 0.355 e. The van der Waals surface area contributed by atoms with Gasteiger partial charge in [-0.25, -0.2) is 4.98 Å². The van der Waals surface area contributed by atoms with Gasteiger partial charge in [-0.3, -0.25) is 0 Å². The summed E-state index contributed by atoms with van der Waals surface area (Å²) in [5.74, 6) is 0.850. The Morgan fingerprint density at radius 3 is 3.06 bits per heavy atom. The van der Waals surface area contributed by atoms with Crippen molar-refractivity contribution in [3.05, 3.63) is 22.8 Å². The maximum atomic E-state index is 8.94. The molecule has 5 heteroatoms. The van der Waals surface area contributed by atoms with E-state index in [2.05, 4.69) is 28.8 Å². The molecule has 1 aromatic heterocycles. The Bertz CT molecular complexity index is 469. The van der Waals surface area contributed by atoms with Crippen LogP contribution in [0, 0.1) is 11.3 Å². The molecule has 1 aliphatic heterocycles. The third-order valence-electron chi connectivity index (χ3n) is 3.55. The van der Waals surface area contributed by atoms with E-state index in [-0.39, 0.29) is 0 Å². The summed E-state index contributed by atoms with van der Waals surface area (Å²) in [5, 5.41) is 9.36. The second kappa shape index (κ2) is 5.55. The summed E-state index contributed by atoms with van der Waals surface area (Å²) in [4.78, 5) is 8.87. The van der Waals surface area contributed by atoms with Crippen LogP contribution in [-0.2, 0) is 0 Å². The number of nitrogens with zero attached hydrogens (tertiary/aromatic N) is 4. The van der Waals surface area contributed by atoms with Gasteiger partial charge in [-0.05, 0) is 32.1 Å². The van der Waals surface area contributed by atoms with Crippen molar-refractivity contribution in [2.45, 2.75) is 19.4 Å². The zero-order chi connectivity index (χ0) is 13.1. The Morgan fingerprint density at radius 1 is 1.61 bits per heavy atom. The molecule has 1 fully saturated rings. The van der Waals surface area contributed by atoms with E-state index in [1.54, 1.807) is 6.07 Å². The zero-order valence-corrected chi connectivity index (χ0v) is 11.5. The van der Waals surface area contributed by atoms with Crippen molar-refractivity contribution >= 4 is 17.4 Å². The highest BCUT2D eigenvalue weighted by molar-refractivity contribution is 6.31. The minimum absolute atomic E-state index is 0.307. The molecular formula is C13H17ClN4. The predicted octanol–water partition coefficient (Wildman–Crippen LogP) is 2.14. The average Bonchev–Trinajstić information content (AvgIpc) is 2.88. The topological polar surface area (TPSA) is 43.2 Å². The van der Waals surface area contributed by atoms with Crippen LogP contribution >= 0.6 is 11.6 Å². The third-order valence-corrected chi connectivity index (χ3v) is 3.85. The Balaban J connectivity index is 2.12. The maximum Gasteiger partial charge on any atom is 0.161 e. The number of pyridine rings is 1. The second-order valence-corrected chi connectivity index (χ2v) is 4.98. The number of aromatic nitrogens is 1. The van der Waals surface area contributed by atoms with E-state index in [4.69, 9.17) is 16.9 Å². The molecule has 2 rings (SSSR count). The minimum atomic E-state index is 0.307. The molecule has 0 radical (unpaired) electrons. The SMILES string of the molecule is CCN(C)C1CCN(c2ccc(Cl)c(C#N)n2)C1. The van der Waals surface area contributed by atoms with E-state index in [0.717, 1.165) is 31.9 Å². The van der Waals surface area contributed by atoms with Gasteiger partial charge in [0, 0.05) is 19.1 Å². The molecule has 4 nitrogen and oxygen atoms in total. The van der Waals surface area contributed by atoms with Gasteiger partial charge in [0.2, 0.25) is 0 Å². The normalized spacial score (nSPS) is 19.3. The number of nitriles is 1. The van der Waals surface area contributed by atoms with E-state index in [1.807, 2.05) is 12.1 Å². The van der Waals surface area contributed by atoms with Gasteiger partial charge in [0.15, 0.2) is 5.69 Å². The first-order chi connectivity index (χ1) is 8.65.